The molecule has 1 unspecified atom stereocenters. The van der Waals surface area contributed by atoms with E-state index < -0.39 is 12.3 Å². The van der Waals surface area contributed by atoms with Gasteiger partial charge in [-0.3, -0.25) is 0 Å². The Balaban J connectivity index is 1.65. The van der Waals surface area contributed by atoms with Crippen LogP contribution < -0.4 is 4.74 Å². The molecule has 138 valence electrons. The molecule has 0 aliphatic carbocycles. The average Bonchev–Trinajstić information content (AvgIpc) is 3.31. The fraction of sp³-hybridized carbons (Fsp3) is 0.250. The molecule has 3 aromatic rings. The molecule has 1 atom stereocenters. The highest BCUT2D eigenvalue weighted by atomic mass is 16.8. The number of benzene rings is 2. The summed E-state index contributed by atoms with van der Waals surface area (Å²) in [5, 5.41) is 4.00. The van der Waals surface area contributed by atoms with E-state index >= 15 is 0 Å². The second kappa shape index (κ2) is 7.11. The van der Waals surface area contributed by atoms with Gasteiger partial charge in [0.15, 0.2) is 0 Å². The smallest absolute Gasteiger partial charge is 0.456 e. The summed E-state index contributed by atoms with van der Waals surface area (Å²) in [4.78, 5) is 15.4. The van der Waals surface area contributed by atoms with Crippen LogP contribution in [0, 0.1) is 0 Å². The standard InChI is InChI=1S/C20H18N2O5/c1-12(2)13-7-3-5-9-15(13)25-16-10-6-4-8-14(16)18-21-19(27-22-18)17-11-24-20(23)26-17/h3-10,12,17H,11H2,1-2H3. The Morgan fingerprint density at radius 3 is 2.56 bits per heavy atom. The van der Waals surface area contributed by atoms with E-state index in [0.717, 1.165) is 11.3 Å². The molecule has 1 aliphatic heterocycles. The summed E-state index contributed by atoms with van der Waals surface area (Å²) in [6.07, 6.45) is -1.43. The van der Waals surface area contributed by atoms with Crippen LogP contribution in [0.4, 0.5) is 4.79 Å². The van der Waals surface area contributed by atoms with Crippen molar-refractivity contribution < 1.29 is 23.5 Å². The van der Waals surface area contributed by atoms with Gasteiger partial charge >= 0.3 is 6.16 Å². The third-order valence-corrected chi connectivity index (χ3v) is 4.20. The Kier molecular flexibility index (Phi) is 4.50. The average molecular weight is 366 g/mol. The van der Waals surface area contributed by atoms with Crippen LogP contribution in [0.2, 0.25) is 0 Å². The summed E-state index contributed by atoms with van der Waals surface area (Å²) >= 11 is 0. The van der Waals surface area contributed by atoms with Crippen molar-refractivity contribution >= 4 is 6.16 Å². The minimum Gasteiger partial charge on any atom is -0.456 e. The van der Waals surface area contributed by atoms with Crippen LogP contribution in [0.15, 0.2) is 53.1 Å². The molecule has 27 heavy (non-hydrogen) atoms. The molecule has 0 bridgehead atoms. The predicted molar refractivity (Wildman–Crippen MR) is 95.5 cm³/mol. The van der Waals surface area contributed by atoms with Crippen LogP contribution in [0.3, 0.4) is 0 Å². The highest BCUT2D eigenvalue weighted by molar-refractivity contribution is 5.65. The highest BCUT2D eigenvalue weighted by Gasteiger charge is 2.32. The van der Waals surface area contributed by atoms with E-state index in [9.17, 15) is 4.79 Å². The largest absolute Gasteiger partial charge is 0.509 e. The number of aromatic nitrogens is 2. The van der Waals surface area contributed by atoms with Crippen molar-refractivity contribution in [1.82, 2.24) is 10.1 Å². The maximum Gasteiger partial charge on any atom is 0.509 e. The molecule has 7 nitrogen and oxygen atoms in total. The Labute approximate surface area is 155 Å². The van der Waals surface area contributed by atoms with E-state index in [2.05, 4.69) is 24.0 Å². The Bertz CT molecular complexity index is 966. The van der Waals surface area contributed by atoms with E-state index in [1.807, 2.05) is 48.5 Å². The van der Waals surface area contributed by atoms with Crippen LogP contribution in [0.25, 0.3) is 11.4 Å². The summed E-state index contributed by atoms with van der Waals surface area (Å²) in [6, 6.07) is 15.3. The molecule has 0 saturated carbocycles. The first-order chi connectivity index (χ1) is 13.1. The lowest BCUT2D eigenvalue weighted by atomic mass is 10.0. The van der Waals surface area contributed by atoms with E-state index in [0.29, 0.717) is 23.1 Å². The van der Waals surface area contributed by atoms with Crippen molar-refractivity contribution in [1.29, 1.82) is 0 Å². The van der Waals surface area contributed by atoms with Crippen molar-refractivity contribution in [2.45, 2.75) is 25.9 Å². The lowest BCUT2D eigenvalue weighted by molar-refractivity contribution is 0.108. The maximum atomic E-state index is 11.1. The van der Waals surface area contributed by atoms with Crippen molar-refractivity contribution in [2.75, 3.05) is 6.61 Å². The Hall–Kier alpha value is -3.35. The molecule has 1 aliphatic rings. The summed E-state index contributed by atoms with van der Waals surface area (Å²) in [6.45, 7) is 4.29. The molecular weight excluding hydrogens is 348 g/mol. The van der Waals surface area contributed by atoms with E-state index in [1.165, 1.54) is 0 Å². The van der Waals surface area contributed by atoms with Crippen LogP contribution in [-0.2, 0) is 9.47 Å². The predicted octanol–water partition coefficient (Wildman–Crippen LogP) is 4.86. The van der Waals surface area contributed by atoms with Gasteiger partial charge in [0.1, 0.15) is 18.1 Å². The molecule has 7 heteroatoms. The first-order valence-electron chi connectivity index (χ1n) is 8.65. The lowest BCUT2D eigenvalue weighted by Crippen LogP contribution is -2.00. The SMILES string of the molecule is CC(C)c1ccccc1Oc1ccccc1-c1noc(C2COC(=O)O2)n1. The highest BCUT2D eigenvalue weighted by Crippen LogP contribution is 2.36. The number of carbonyl (C=O) groups excluding carboxylic acids is 1. The number of para-hydroxylation sites is 2. The molecule has 2 aromatic carbocycles. The minimum absolute atomic E-state index is 0.0559. The number of carbonyl (C=O) groups is 1. The van der Waals surface area contributed by atoms with Gasteiger partial charge in [0, 0.05) is 0 Å². The molecule has 0 radical (unpaired) electrons. The molecule has 0 amide bonds. The third-order valence-electron chi connectivity index (χ3n) is 4.20. The van der Waals surface area contributed by atoms with Crippen molar-refractivity contribution in [3.8, 4) is 22.9 Å². The van der Waals surface area contributed by atoms with Gasteiger partial charge in [-0.25, -0.2) is 4.79 Å². The molecule has 1 fully saturated rings. The van der Waals surface area contributed by atoms with Gasteiger partial charge in [-0.1, -0.05) is 49.3 Å². The second-order valence-corrected chi connectivity index (χ2v) is 6.41. The number of hydrogen-bond donors (Lipinski definition) is 0. The lowest BCUT2D eigenvalue weighted by Gasteiger charge is -2.15. The van der Waals surface area contributed by atoms with Crippen LogP contribution in [0.1, 0.15) is 37.3 Å². The minimum atomic E-state index is -0.742. The molecule has 1 aromatic heterocycles. The molecule has 0 spiro atoms. The molecule has 1 saturated heterocycles. The van der Waals surface area contributed by atoms with Crippen molar-refractivity contribution in [2.24, 2.45) is 0 Å². The van der Waals surface area contributed by atoms with E-state index in [1.54, 1.807) is 0 Å². The zero-order valence-corrected chi connectivity index (χ0v) is 14.9. The maximum absolute atomic E-state index is 11.1. The zero-order chi connectivity index (χ0) is 18.8. The summed E-state index contributed by atoms with van der Waals surface area (Å²) in [5.41, 5.74) is 1.78. The van der Waals surface area contributed by atoms with Crippen LogP contribution >= 0.6 is 0 Å². The van der Waals surface area contributed by atoms with Gasteiger partial charge in [0.25, 0.3) is 5.89 Å². The van der Waals surface area contributed by atoms with Gasteiger partial charge in [-0.15, -0.1) is 0 Å². The number of ether oxygens (including phenoxy) is 3. The van der Waals surface area contributed by atoms with Gasteiger partial charge < -0.3 is 18.7 Å². The first kappa shape index (κ1) is 17.1. The number of cyclic esters (lactones) is 2. The number of rotatable bonds is 5. The van der Waals surface area contributed by atoms with E-state index in [-0.39, 0.29) is 12.5 Å². The van der Waals surface area contributed by atoms with Gasteiger partial charge in [0.2, 0.25) is 11.9 Å². The monoisotopic (exact) mass is 366 g/mol. The molecular formula is C20H18N2O5. The fourth-order valence-electron chi connectivity index (χ4n) is 2.83. The van der Waals surface area contributed by atoms with Gasteiger partial charge in [0.05, 0.1) is 5.56 Å². The van der Waals surface area contributed by atoms with Gasteiger partial charge in [-0.05, 0) is 29.7 Å². The quantitative estimate of drug-likeness (QED) is 0.596. The zero-order valence-electron chi connectivity index (χ0n) is 14.9. The topological polar surface area (TPSA) is 83.7 Å². The Morgan fingerprint density at radius 2 is 1.81 bits per heavy atom. The van der Waals surface area contributed by atoms with Crippen molar-refractivity contribution in [3.05, 3.63) is 60.0 Å². The second-order valence-electron chi connectivity index (χ2n) is 6.41. The number of hydrogen-bond acceptors (Lipinski definition) is 7. The molecule has 2 heterocycles. The van der Waals surface area contributed by atoms with Crippen LogP contribution in [0.5, 0.6) is 11.5 Å². The Morgan fingerprint density at radius 1 is 1.07 bits per heavy atom. The van der Waals surface area contributed by atoms with E-state index in [4.69, 9.17) is 18.7 Å². The normalized spacial score (nSPS) is 16.3. The molecule has 4 rings (SSSR count). The number of nitrogens with zero attached hydrogens (tertiary/aromatic N) is 2. The summed E-state index contributed by atoms with van der Waals surface area (Å²) in [5.74, 6) is 2.25. The summed E-state index contributed by atoms with van der Waals surface area (Å²) < 4.78 is 21.2. The first-order valence-corrected chi connectivity index (χ1v) is 8.65. The molecule has 0 N–H and O–H groups in total. The van der Waals surface area contributed by atoms with Gasteiger partial charge in [-0.2, -0.15) is 4.98 Å². The third kappa shape index (κ3) is 3.48. The summed E-state index contributed by atoms with van der Waals surface area (Å²) in [7, 11) is 0. The van der Waals surface area contributed by atoms with Crippen LogP contribution in [-0.4, -0.2) is 22.9 Å². The fourth-order valence-corrected chi connectivity index (χ4v) is 2.83. The van der Waals surface area contributed by atoms with Crippen molar-refractivity contribution in [3.63, 3.8) is 0 Å².